The summed E-state index contributed by atoms with van der Waals surface area (Å²) in [5, 5.41) is 6.68. The van der Waals surface area contributed by atoms with E-state index in [-0.39, 0.29) is 17.5 Å². The molecule has 1 aromatic carbocycles. The molecule has 2 aromatic heterocycles. The summed E-state index contributed by atoms with van der Waals surface area (Å²) in [5.74, 6) is -0.368. The van der Waals surface area contributed by atoms with Crippen LogP contribution in [0.2, 0.25) is 0 Å². The second-order valence-corrected chi connectivity index (χ2v) is 6.91. The van der Waals surface area contributed by atoms with E-state index in [2.05, 4.69) is 15.2 Å². The maximum atomic E-state index is 12.5. The Morgan fingerprint density at radius 2 is 2.08 bits per heavy atom. The zero-order valence-electron chi connectivity index (χ0n) is 13.5. The van der Waals surface area contributed by atoms with Crippen LogP contribution in [0.15, 0.2) is 51.1 Å². The zero-order valence-corrected chi connectivity index (χ0v) is 14.3. The summed E-state index contributed by atoms with van der Waals surface area (Å²) in [6.45, 7) is 1.68. The quantitative estimate of drug-likeness (QED) is 0.731. The number of thiazole rings is 1. The predicted octanol–water partition coefficient (Wildman–Crippen LogP) is 2.65. The molecule has 0 saturated carbocycles. The number of carbonyl (C=O) groups is 1. The molecular formula is C18H17N3O3S. The highest BCUT2D eigenvalue weighted by Crippen LogP contribution is 2.22. The molecule has 128 valence electrons. The zero-order chi connectivity index (χ0) is 17.2. The molecule has 0 radical (unpaired) electrons. The van der Waals surface area contributed by atoms with Crippen LogP contribution in [-0.2, 0) is 0 Å². The Balaban J connectivity index is 1.44. The molecule has 25 heavy (non-hydrogen) atoms. The standard InChI is InChI=1S/C18H17N3O3S/c22-16(14-11-12-3-1-2-4-15(12)24-17(14)23)20-13-5-8-21(9-6-13)18-19-7-10-25-18/h1-4,7,10-11,13H,5-6,8-9H2,(H,20,22). The van der Waals surface area contributed by atoms with E-state index >= 15 is 0 Å². The number of benzene rings is 1. The van der Waals surface area contributed by atoms with E-state index in [1.807, 2.05) is 17.5 Å². The van der Waals surface area contributed by atoms with Gasteiger partial charge in [0.15, 0.2) is 5.13 Å². The minimum absolute atomic E-state index is 0.0505. The third-order valence-corrected chi connectivity index (χ3v) is 5.24. The number of rotatable bonds is 3. The smallest absolute Gasteiger partial charge is 0.349 e. The monoisotopic (exact) mass is 355 g/mol. The SMILES string of the molecule is O=C(NC1CCN(c2nccs2)CC1)c1cc2ccccc2oc1=O. The van der Waals surface area contributed by atoms with Gasteiger partial charge in [-0.3, -0.25) is 4.79 Å². The lowest BCUT2D eigenvalue weighted by Crippen LogP contribution is -2.45. The van der Waals surface area contributed by atoms with Crippen LogP contribution in [-0.4, -0.2) is 30.0 Å². The first-order valence-electron chi connectivity index (χ1n) is 8.19. The van der Waals surface area contributed by atoms with Crippen molar-refractivity contribution >= 4 is 33.3 Å². The third kappa shape index (κ3) is 3.28. The summed E-state index contributed by atoms with van der Waals surface area (Å²) in [7, 11) is 0. The Morgan fingerprint density at radius 3 is 2.84 bits per heavy atom. The number of nitrogens with one attached hydrogen (secondary N) is 1. The molecule has 0 unspecified atom stereocenters. The number of fused-ring (bicyclic) bond motifs is 1. The van der Waals surface area contributed by atoms with E-state index in [1.54, 1.807) is 35.7 Å². The number of amides is 1. The highest BCUT2D eigenvalue weighted by molar-refractivity contribution is 7.13. The molecule has 1 amide bonds. The lowest BCUT2D eigenvalue weighted by Gasteiger charge is -2.32. The van der Waals surface area contributed by atoms with Gasteiger partial charge in [-0.25, -0.2) is 9.78 Å². The van der Waals surface area contributed by atoms with Gasteiger partial charge in [0.2, 0.25) is 0 Å². The number of nitrogens with zero attached hydrogens (tertiary/aromatic N) is 2. The van der Waals surface area contributed by atoms with Gasteiger partial charge in [0, 0.05) is 36.1 Å². The lowest BCUT2D eigenvalue weighted by atomic mass is 10.0. The average Bonchev–Trinajstić information content (AvgIpc) is 3.16. The van der Waals surface area contributed by atoms with Crippen molar-refractivity contribution in [3.05, 3.63) is 57.9 Å². The maximum absolute atomic E-state index is 12.5. The largest absolute Gasteiger partial charge is 0.422 e. The Labute approximate surface area is 148 Å². The molecule has 0 atom stereocenters. The molecule has 0 spiro atoms. The molecule has 1 aliphatic heterocycles. The molecule has 4 rings (SSSR count). The summed E-state index contributed by atoms with van der Waals surface area (Å²) in [5.41, 5.74) is -0.0571. The number of hydrogen-bond acceptors (Lipinski definition) is 6. The number of para-hydroxylation sites is 1. The van der Waals surface area contributed by atoms with Gasteiger partial charge in [-0.05, 0) is 25.0 Å². The van der Waals surface area contributed by atoms with Gasteiger partial charge in [-0.2, -0.15) is 0 Å². The Hall–Kier alpha value is -2.67. The predicted molar refractivity (Wildman–Crippen MR) is 97.3 cm³/mol. The van der Waals surface area contributed by atoms with Crippen LogP contribution >= 0.6 is 11.3 Å². The molecule has 0 aliphatic carbocycles. The average molecular weight is 355 g/mol. The number of carbonyl (C=O) groups excluding carboxylic acids is 1. The molecule has 6 nitrogen and oxygen atoms in total. The summed E-state index contributed by atoms with van der Waals surface area (Å²) < 4.78 is 5.24. The molecule has 3 aromatic rings. The Kier molecular flexibility index (Phi) is 4.23. The van der Waals surface area contributed by atoms with Crippen LogP contribution < -0.4 is 15.8 Å². The first kappa shape index (κ1) is 15.8. The Morgan fingerprint density at radius 1 is 1.28 bits per heavy atom. The minimum atomic E-state index is -0.601. The molecule has 0 bridgehead atoms. The molecule has 1 N–H and O–H groups in total. The molecule has 1 saturated heterocycles. The summed E-state index contributed by atoms with van der Waals surface area (Å²) in [6.07, 6.45) is 3.45. The van der Waals surface area contributed by atoms with Crippen molar-refractivity contribution in [3.63, 3.8) is 0 Å². The maximum Gasteiger partial charge on any atom is 0.349 e. The van der Waals surface area contributed by atoms with E-state index in [4.69, 9.17) is 4.42 Å². The first-order chi connectivity index (χ1) is 12.2. The topological polar surface area (TPSA) is 75.4 Å². The summed E-state index contributed by atoms with van der Waals surface area (Å²) in [6, 6.07) is 8.82. The van der Waals surface area contributed by atoms with Crippen molar-refractivity contribution in [1.29, 1.82) is 0 Å². The van der Waals surface area contributed by atoms with Gasteiger partial charge in [0.25, 0.3) is 5.91 Å². The second-order valence-electron chi connectivity index (χ2n) is 6.03. The number of piperidine rings is 1. The molecular weight excluding hydrogens is 338 g/mol. The van der Waals surface area contributed by atoms with Crippen molar-refractivity contribution < 1.29 is 9.21 Å². The van der Waals surface area contributed by atoms with Gasteiger partial charge in [-0.15, -0.1) is 11.3 Å². The van der Waals surface area contributed by atoms with Crippen LogP contribution in [0.3, 0.4) is 0 Å². The molecule has 7 heteroatoms. The van der Waals surface area contributed by atoms with E-state index in [0.717, 1.165) is 36.4 Å². The van der Waals surface area contributed by atoms with Crippen molar-refractivity contribution in [1.82, 2.24) is 10.3 Å². The third-order valence-electron chi connectivity index (χ3n) is 4.41. The minimum Gasteiger partial charge on any atom is -0.422 e. The van der Waals surface area contributed by atoms with Gasteiger partial charge in [0.1, 0.15) is 11.1 Å². The van der Waals surface area contributed by atoms with Crippen molar-refractivity contribution in [2.75, 3.05) is 18.0 Å². The van der Waals surface area contributed by atoms with E-state index in [0.29, 0.717) is 5.58 Å². The lowest BCUT2D eigenvalue weighted by molar-refractivity contribution is 0.0927. The van der Waals surface area contributed by atoms with Crippen LogP contribution in [0.4, 0.5) is 5.13 Å². The Bertz CT molecular complexity index is 944. The summed E-state index contributed by atoms with van der Waals surface area (Å²) >= 11 is 1.62. The van der Waals surface area contributed by atoms with E-state index < -0.39 is 5.63 Å². The van der Waals surface area contributed by atoms with Gasteiger partial charge >= 0.3 is 5.63 Å². The first-order valence-corrected chi connectivity index (χ1v) is 9.07. The second kappa shape index (κ2) is 6.68. The number of aromatic nitrogens is 1. The summed E-state index contributed by atoms with van der Waals surface area (Å²) in [4.78, 5) is 31.1. The van der Waals surface area contributed by atoms with Gasteiger partial charge < -0.3 is 14.6 Å². The fourth-order valence-corrected chi connectivity index (χ4v) is 3.77. The van der Waals surface area contributed by atoms with Gasteiger partial charge in [-0.1, -0.05) is 18.2 Å². The van der Waals surface area contributed by atoms with Gasteiger partial charge in [0.05, 0.1) is 0 Å². The van der Waals surface area contributed by atoms with Crippen molar-refractivity contribution in [2.24, 2.45) is 0 Å². The van der Waals surface area contributed by atoms with Crippen LogP contribution in [0.25, 0.3) is 11.0 Å². The van der Waals surface area contributed by atoms with Crippen LogP contribution in [0.1, 0.15) is 23.2 Å². The van der Waals surface area contributed by atoms with Crippen LogP contribution in [0, 0.1) is 0 Å². The van der Waals surface area contributed by atoms with Crippen molar-refractivity contribution in [3.8, 4) is 0 Å². The molecule has 1 aliphatic rings. The fourth-order valence-electron chi connectivity index (χ4n) is 3.07. The van der Waals surface area contributed by atoms with E-state index in [9.17, 15) is 9.59 Å². The highest BCUT2D eigenvalue weighted by Gasteiger charge is 2.23. The number of hydrogen-bond donors (Lipinski definition) is 1. The molecule has 1 fully saturated rings. The highest BCUT2D eigenvalue weighted by atomic mass is 32.1. The fraction of sp³-hybridized carbons (Fsp3) is 0.278. The van der Waals surface area contributed by atoms with Crippen LogP contribution in [0.5, 0.6) is 0 Å². The number of anilines is 1. The normalized spacial score (nSPS) is 15.4. The molecule has 3 heterocycles. The van der Waals surface area contributed by atoms with E-state index in [1.165, 1.54) is 0 Å². The van der Waals surface area contributed by atoms with Crippen molar-refractivity contribution in [2.45, 2.75) is 18.9 Å².